The van der Waals surface area contributed by atoms with Gasteiger partial charge in [0.2, 0.25) is 0 Å². The van der Waals surface area contributed by atoms with Gasteiger partial charge in [-0.3, -0.25) is 4.79 Å². The molecular formula is C17H24N2O2. The summed E-state index contributed by atoms with van der Waals surface area (Å²) < 4.78 is 5.82. The van der Waals surface area contributed by atoms with Gasteiger partial charge in [-0.25, -0.2) is 0 Å². The van der Waals surface area contributed by atoms with Crippen molar-refractivity contribution >= 4 is 11.6 Å². The van der Waals surface area contributed by atoms with Crippen LogP contribution in [0.3, 0.4) is 0 Å². The number of ether oxygens (including phenoxy) is 1. The van der Waals surface area contributed by atoms with Gasteiger partial charge in [-0.05, 0) is 43.4 Å². The Morgan fingerprint density at radius 1 is 1.48 bits per heavy atom. The lowest BCUT2D eigenvalue weighted by atomic mass is 10.0. The van der Waals surface area contributed by atoms with Crippen molar-refractivity contribution in [1.29, 1.82) is 0 Å². The molecule has 114 valence electrons. The maximum Gasteiger partial charge on any atom is 0.254 e. The molecule has 0 radical (unpaired) electrons. The summed E-state index contributed by atoms with van der Waals surface area (Å²) in [6.45, 7) is 5.45. The van der Waals surface area contributed by atoms with Crippen molar-refractivity contribution in [3.8, 4) is 0 Å². The molecule has 0 aromatic heterocycles. The van der Waals surface area contributed by atoms with E-state index in [-0.39, 0.29) is 12.0 Å². The Morgan fingerprint density at radius 3 is 3.24 bits per heavy atom. The first-order chi connectivity index (χ1) is 10.3. The molecule has 1 aromatic carbocycles. The molecule has 4 heteroatoms. The molecule has 2 aliphatic rings. The van der Waals surface area contributed by atoms with Crippen molar-refractivity contribution in [2.24, 2.45) is 0 Å². The summed E-state index contributed by atoms with van der Waals surface area (Å²) in [5, 5.41) is 3.34. The average Bonchev–Trinajstić information content (AvgIpc) is 3.00. The molecule has 3 rings (SSSR count). The van der Waals surface area contributed by atoms with Gasteiger partial charge in [-0.15, -0.1) is 0 Å². The summed E-state index contributed by atoms with van der Waals surface area (Å²) in [5.74, 6) is 0.135. The van der Waals surface area contributed by atoms with E-state index in [1.807, 2.05) is 17.0 Å². The van der Waals surface area contributed by atoms with Gasteiger partial charge in [0.15, 0.2) is 0 Å². The Hall–Kier alpha value is -1.55. The third-order valence-electron chi connectivity index (χ3n) is 4.29. The molecule has 0 bridgehead atoms. The van der Waals surface area contributed by atoms with E-state index in [0.717, 1.165) is 63.2 Å². The second-order valence-electron chi connectivity index (χ2n) is 5.93. The molecule has 2 heterocycles. The molecule has 4 nitrogen and oxygen atoms in total. The molecule has 2 aliphatic heterocycles. The average molecular weight is 288 g/mol. The minimum atomic E-state index is 0.135. The Balaban J connectivity index is 1.67. The summed E-state index contributed by atoms with van der Waals surface area (Å²) in [7, 11) is 0. The van der Waals surface area contributed by atoms with Gasteiger partial charge in [0.25, 0.3) is 5.91 Å². The van der Waals surface area contributed by atoms with Crippen LogP contribution in [0.25, 0.3) is 0 Å². The van der Waals surface area contributed by atoms with Gasteiger partial charge in [0.1, 0.15) is 0 Å². The zero-order valence-corrected chi connectivity index (χ0v) is 12.7. The minimum absolute atomic E-state index is 0.135. The van der Waals surface area contributed by atoms with Crippen molar-refractivity contribution in [2.45, 2.75) is 38.7 Å². The monoisotopic (exact) mass is 288 g/mol. The van der Waals surface area contributed by atoms with E-state index < -0.39 is 0 Å². The number of amides is 1. The number of fused-ring (bicyclic) bond motifs is 1. The molecule has 1 aromatic rings. The molecular weight excluding hydrogens is 264 g/mol. The highest BCUT2D eigenvalue weighted by atomic mass is 16.5. The molecule has 21 heavy (non-hydrogen) atoms. The van der Waals surface area contributed by atoms with E-state index in [9.17, 15) is 4.79 Å². The van der Waals surface area contributed by atoms with Crippen LogP contribution in [0.4, 0.5) is 5.69 Å². The highest BCUT2D eigenvalue weighted by Gasteiger charge is 2.25. The molecule has 1 fully saturated rings. The van der Waals surface area contributed by atoms with Gasteiger partial charge in [0, 0.05) is 37.5 Å². The van der Waals surface area contributed by atoms with Crippen molar-refractivity contribution in [1.82, 2.24) is 4.90 Å². The van der Waals surface area contributed by atoms with Crippen LogP contribution in [0.2, 0.25) is 0 Å². The molecule has 0 spiro atoms. The van der Waals surface area contributed by atoms with Crippen LogP contribution in [0.15, 0.2) is 18.2 Å². The van der Waals surface area contributed by atoms with Gasteiger partial charge in [-0.2, -0.15) is 0 Å². The minimum Gasteiger partial charge on any atom is -0.384 e. The van der Waals surface area contributed by atoms with Crippen molar-refractivity contribution in [3.63, 3.8) is 0 Å². The second kappa shape index (κ2) is 6.48. The predicted octanol–water partition coefficient (Wildman–Crippen LogP) is 2.69. The zero-order chi connectivity index (χ0) is 14.7. The van der Waals surface area contributed by atoms with Gasteiger partial charge < -0.3 is 15.0 Å². The Bertz CT molecular complexity index is 516. The summed E-state index contributed by atoms with van der Waals surface area (Å²) in [6.07, 6.45) is 4.38. The summed E-state index contributed by atoms with van der Waals surface area (Å²) in [5.41, 5.74) is 3.23. The smallest absolute Gasteiger partial charge is 0.254 e. The van der Waals surface area contributed by atoms with Crippen LogP contribution in [0.1, 0.15) is 42.1 Å². The number of hydrogen-bond donors (Lipinski definition) is 1. The van der Waals surface area contributed by atoms with Crippen LogP contribution < -0.4 is 5.32 Å². The number of rotatable bonds is 4. The fourth-order valence-electron chi connectivity index (χ4n) is 3.15. The highest BCUT2D eigenvalue weighted by Crippen LogP contribution is 2.24. The summed E-state index contributed by atoms with van der Waals surface area (Å²) in [4.78, 5) is 14.6. The second-order valence-corrected chi connectivity index (χ2v) is 5.93. The summed E-state index contributed by atoms with van der Waals surface area (Å²) in [6, 6.07) is 6.05. The fourth-order valence-corrected chi connectivity index (χ4v) is 3.15. The normalized spacial score (nSPS) is 21.0. The van der Waals surface area contributed by atoms with E-state index in [0.29, 0.717) is 0 Å². The van der Waals surface area contributed by atoms with Crippen LogP contribution in [0.5, 0.6) is 0 Å². The molecule has 1 N–H and O–H groups in total. The number of benzene rings is 1. The third-order valence-corrected chi connectivity index (χ3v) is 4.29. The highest BCUT2D eigenvalue weighted by molar-refractivity contribution is 5.95. The first kappa shape index (κ1) is 14.4. The lowest BCUT2D eigenvalue weighted by Crippen LogP contribution is -2.43. The maximum atomic E-state index is 12.7. The molecule has 1 amide bonds. The number of nitrogens with zero attached hydrogens (tertiary/aromatic N) is 1. The van der Waals surface area contributed by atoms with Gasteiger partial charge >= 0.3 is 0 Å². The van der Waals surface area contributed by atoms with Crippen LogP contribution in [0, 0.1) is 0 Å². The molecule has 1 saturated heterocycles. The predicted molar refractivity (Wildman–Crippen MR) is 83.8 cm³/mol. The van der Waals surface area contributed by atoms with E-state index in [1.165, 1.54) is 5.56 Å². The maximum absolute atomic E-state index is 12.7. The number of carbonyl (C=O) groups excluding carboxylic acids is 1. The standard InChI is InChI=1S/C17H24N2O2/c1-2-10-21-15-4-3-9-19(12-15)17(20)14-6-5-13-7-8-18-16(13)11-14/h5-6,11,15,18H,2-4,7-10,12H2,1H3. The quantitative estimate of drug-likeness (QED) is 0.926. The topological polar surface area (TPSA) is 41.6 Å². The number of likely N-dealkylation sites (tertiary alicyclic amines) is 1. The Labute approximate surface area is 126 Å². The van der Waals surface area contributed by atoms with Crippen LogP contribution in [-0.4, -0.2) is 43.2 Å². The Morgan fingerprint density at radius 2 is 2.38 bits per heavy atom. The van der Waals surface area contributed by atoms with Crippen LogP contribution in [-0.2, 0) is 11.2 Å². The van der Waals surface area contributed by atoms with Crippen molar-refractivity contribution in [2.75, 3.05) is 31.6 Å². The lowest BCUT2D eigenvalue weighted by Gasteiger charge is -2.32. The van der Waals surface area contributed by atoms with Gasteiger partial charge in [0.05, 0.1) is 6.10 Å². The molecule has 1 unspecified atom stereocenters. The molecule has 0 aliphatic carbocycles. The summed E-state index contributed by atoms with van der Waals surface area (Å²) >= 11 is 0. The SMILES string of the molecule is CCCOC1CCCN(C(=O)c2ccc3c(c2)NCC3)C1. The van der Waals surface area contributed by atoms with E-state index >= 15 is 0 Å². The number of carbonyl (C=O) groups is 1. The molecule has 0 saturated carbocycles. The number of anilines is 1. The van der Waals surface area contributed by atoms with E-state index in [4.69, 9.17) is 4.74 Å². The largest absolute Gasteiger partial charge is 0.384 e. The first-order valence-corrected chi connectivity index (χ1v) is 8.05. The zero-order valence-electron chi connectivity index (χ0n) is 12.7. The van der Waals surface area contributed by atoms with Crippen LogP contribution >= 0.6 is 0 Å². The van der Waals surface area contributed by atoms with Gasteiger partial charge in [-0.1, -0.05) is 13.0 Å². The van der Waals surface area contributed by atoms with Crippen molar-refractivity contribution < 1.29 is 9.53 Å². The fraction of sp³-hybridized carbons (Fsp3) is 0.588. The lowest BCUT2D eigenvalue weighted by molar-refractivity contribution is 0.00211. The van der Waals surface area contributed by atoms with Crippen molar-refractivity contribution in [3.05, 3.63) is 29.3 Å². The number of nitrogens with one attached hydrogen (secondary N) is 1. The number of hydrogen-bond acceptors (Lipinski definition) is 3. The third kappa shape index (κ3) is 3.21. The first-order valence-electron chi connectivity index (χ1n) is 8.05. The Kier molecular flexibility index (Phi) is 4.44. The molecule has 1 atom stereocenters. The number of piperidine rings is 1. The van der Waals surface area contributed by atoms with E-state index in [2.05, 4.69) is 18.3 Å². The van der Waals surface area contributed by atoms with E-state index in [1.54, 1.807) is 0 Å².